The van der Waals surface area contributed by atoms with E-state index in [0.29, 0.717) is 16.1 Å². The summed E-state index contributed by atoms with van der Waals surface area (Å²) in [5.74, 6) is -0.807. The average Bonchev–Trinajstić information content (AvgIpc) is 2.48. The molecule has 0 aliphatic carbocycles. The van der Waals surface area contributed by atoms with E-state index in [9.17, 15) is 12.8 Å². The summed E-state index contributed by atoms with van der Waals surface area (Å²) in [4.78, 5) is -0.348. The van der Waals surface area contributed by atoms with E-state index in [2.05, 4.69) is 0 Å². The second kappa shape index (κ2) is 6.73. The number of allylic oxidation sites excluding steroid dienone is 1. The molecule has 0 bridgehead atoms. The summed E-state index contributed by atoms with van der Waals surface area (Å²) in [5, 5.41) is 9.63. The highest BCUT2D eigenvalue weighted by Crippen LogP contribution is 2.19. The van der Waals surface area contributed by atoms with E-state index in [1.165, 1.54) is 30.3 Å². The Morgan fingerprint density at radius 3 is 2.27 bits per heavy atom. The predicted molar refractivity (Wildman–Crippen MR) is 84.1 cm³/mol. The fourth-order valence-corrected chi connectivity index (χ4v) is 3.15. The summed E-state index contributed by atoms with van der Waals surface area (Å²) in [6, 6.07) is 13.3. The van der Waals surface area contributed by atoms with Crippen molar-refractivity contribution in [1.82, 2.24) is 0 Å². The molecule has 0 aromatic heterocycles. The van der Waals surface area contributed by atoms with E-state index >= 15 is 0 Å². The van der Waals surface area contributed by atoms with E-state index in [1.807, 2.05) is 0 Å². The summed E-state index contributed by atoms with van der Waals surface area (Å²) in [5.41, 5.74) is 0.974. The van der Waals surface area contributed by atoms with E-state index in [0.717, 1.165) is 0 Å². The summed E-state index contributed by atoms with van der Waals surface area (Å²) in [6.45, 7) is 0. The van der Waals surface area contributed by atoms with Gasteiger partial charge in [-0.2, -0.15) is 5.26 Å². The second-order valence-corrected chi connectivity index (χ2v) is 6.95. The molecule has 0 N–H and O–H groups in total. The van der Waals surface area contributed by atoms with Gasteiger partial charge in [0, 0.05) is 5.02 Å². The van der Waals surface area contributed by atoms with Gasteiger partial charge in [0.15, 0.2) is 9.84 Å². The molecule has 0 fully saturated rings. The van der Waals surface area contributed by atoms with Crippen molar-refractivity contribution in [1.29, 1.82) is 5.26 Å². The van der Waals surface area contributed by atoms with Crippen molar-refractivity contribution < 1.29 is 12.8 Å². The lowest BCUT2D eigenvalue weighted by atomic mass is 10.2. The lowest BCUT2D eigenvalue weighted by Crippen LogP contribution is -2.06. The Bertz CT molecular complexity index is 835. The normalized spacial score (nSPS) is 12.0. The molecule has 0 aliphatic heterocycles. The number of nitriles is 1. The minimum absolute atomic E-state index is 0.348. The Labute approximate surface area is 133 Å². The van der Waals surface area contributed by atoms with Gasteiger partial charge in [-0.3, -0.25) is 0 Å². The van der Waals surface area contributed by atoms with Crippen molar-refractivity contribution in [2.24, 2.45) is 0 Å². The number of nitrogens with zero attached hydrogens (tertiary/aromatic N) is 1. The molecule has 0 saturated heterocycles. The summed E-state index contributed by atoms with van der Waals surface area (Å²) >= 11 is 5.76. The number of sulfone groups is 1. The van der Waals surface area contributed by atoms with Gasteiger partial charge in [0.1, 0.15) is 16.8 Å². The zero-order valence-electron chi connectivity index (χ0n) is 11.3. The smallest absolute Gasteiger partial charge is 0.192 e. The van der Waals surface area contributed by atoms with E-state index in [-0.39, 0.29) is 10.7 Å². The Kier molecular flexibility index (Phi) is 4.96. The molecular formula is C16H11ClFNO2S. The SMILES string of the molecule is N#CC(=Cc1ccc(Cl)cc1)S(=O)(=O)Cc1ccc(F)cc1. The Hall–Kier alpha value is -2.16. The molecule has 6 heteroatoms. The van der Waals surface area contributed by atoms with E-state index < -0.39 is 15.7 Å². The van der Waals surface area contributed by atoms with E-state index in [4.69, 9.17) is 16.9 Å². The van der Waals surface area contributed by atoms with Gasteiger partial charge in [0.05, 0.1) is 5.75 Å². The van der Waals surface area contributed by atoms with Gasteiger partial charge < -0.3 is 0 Å². The van der Waals surface area contributed by atoms with Gasteiger partial charge in [-0.15, -0.1) is 0 Å². The maximum Gasteiger partial charge on any atom is 0.192 e. The third-order valence-electron chi connectivity index (χ3n) is 2.88. The van der Waals surface area contributed by atoms with Crippen LogP contribution in [0.3, 0.4) is 0 Å². The molecule has 0 radical (unpaired) electrons. The summed E-state index contributed by atoms with van der Waals surface area (Å²) in [6.07, 6.45) is 1.29. The average molecular weight is 336 g/mol. The third-order valence-corrected chi connectivity index (χ3v) is 4.73. The van der Waals surface area contributed by atoms with Gasteiger partial charge in [0.2, 0.25) is 0 Å². The molecule has 2 aromatic carbocycles. The van der Waals surface area contributed by atoms with Crippen LogP contribution in [0.15, 0.2) is 53.4 Å². The molecule has 22 heavy (non-hydrogen) atoms. The molecule has 0 spiro atoms. The first-order chi connectivity index (χ1) is 10.4. The number of rotatable bonds is 4. The minimum atomic E-state index is -3.80. The topological polar surface area (TPSA) is 57.9 Å². The lowest BCUT2D eigenvalue weighted by molar-refractivity contribution is 0.602. The van der Waals surface area contributed by atoms with E-state index in [1.54, 1.807) is 30.3 Å². The molecule has 3 nitrogen and oxygen atoms in total. The highest BCUT2D eigenvalue weighted by Gasteiger charge is 2.18. The number of hydrogen-bond donors (Lipinski definition) is 0. The van der Waals surface area contributed by atoms with Crippen LogP contribution in [-0.2, 0) is 15.6 Å². The quantitative estimate of drug-likeness (QED) is 0.795. The number of hydrogen-bond acceptors (Lipinski definition) is 3. The van der Waals surface area contributed by atoms with Crippen molar-refractivity contribution in [2.75, 3.05) is 0 Å². The van der Waals surface area contributed by atoms with Gasteiger partial charge in [-0.25, -0.2) is 12.8 Å². The van der Waals surface area contributed by atoms with Crippen molar-refractivity contribution in [3.63, 3.8) is 0 Å². The maximum atomic E-state index is 12.8. The van der Waals surface area contributed by atoms with Crippen LogP contribution in [0.25, 0.3) is 6.08 Å². The first kappa shape index (κ1) is 16.2. The van der Waals surface area contributed by atoms with Crippen LogP contribution in [0.5, 0.6) is 0 Å². The van der Waals surface area contributed by atoms with Crippen LogP contribution in [-0.4, -0.2) is 8.42 Å². The Morgan fingerprint density at radius 1 is 1.14 bits per heavy atom. The summed E-state index contributed by atoms with van der Waals surface area (Å²) < 4.78 is 37.4. The molecule has 0 unspecified atom stereocenters. The predicted octanol–water partition coefficient (Wildman–Crippen LogP) is 3.96. The fourth-order valence-electron chi connectivity index (χ4n) is 1.78. The van der Waals surface area contributed by atoms with Crippen LogP contribution >= 0.6 is 11.6 Å². The molecule has 0 heterocycles. The molecule has 0 atom stereocenters. The molecule has 0 saturated carbocycles. The van der Waals surface area contributed by atoms with Crippen LogP contribution in [0.2, 0.25) is 5.02 Å². The standard InChI is InChI=1S/C16H11ClFNO2S/c17-14-5-1-12(2-6-14)9-16(10-19)22(20,21)11-13-3-7-15(18)8-4-13/h1-9H,11H2. The largest absolute Gasteiger partial charge is 0.223 e. The summed E-state index contributed by atoms with van der Waals surface area (Å²) in [7, 11) is -3.80. The Balaban J connectivity index is 2.31. The monoisotopic (exact) mass is 335 g/mol. The van der Waals surface area contributed by atoms with Gasteiger partial charge in [-0.1, -0.05) is 35.9 Å². The third kappa shape index (κ3) is 4.17. The fraction of sp³-hybridized carbons (Fsp3) is 0.0625. The van der Waals surface area contributed by atoms with Crippen LogP contribution in [0.4, 0.5) is 4.39 Å². The number of benzene rings is 2. The highest BCUT2D eigenvalue weighted by molar-refractivity contribution is 7.95. The van der Waals surface area contributed by atoms with Crippen molar-refractivity contribution in [2.45, 2.75) is 5.75 Å². The van der Waals surface area contributed by atoms with Crippen LogP contribution in [0, 0.1) is 17.1 Å². The first-order valence-corrected chi connectivity index (χ1v) is 8.28. The Morgan fingerprint density at radius 2 is 1.73 bits per heavy atom. The molecule has 2 aromatic rings. The maximum absolute atomic E-state index is 12.8. The minimum Gasteiger partial charge on any atom is -0.223 e. The highest BCUT2D eigenvalue weighted by atomic mass is 35.5. The molecule has 0 aliphatic rings. The van der Waals surface area contributed by atoms with Crippen LogP contribution in [0.1, 0.15) is 11.1 Å². The second-order valence-electron chi connectivity index (χ2n) is 4.56. The van der Waals surface area contributed by atoms with Gasteiger partial charge in [0.25, 0.3) is 0 Å². The molecule has 0 amide bonds. The zero-order valence-corrected chi connectivity index (χ0v) is 12.9. The molecule has 2 rings (SSSR count). The van der Waals surface area contributed by atoms with Gasteiger partial charge >= 0.3 is 0 Å². The van der Waals surface area contributed by atoms with Crippen molar-refractivity contribution in [3.8, 4) is 6.07 Å². The van der Waals surface area contributed by atoms with Crippen molar-refractivity contribution >= 4 is 27.5 Å². The number of halogens is 2. The molecular weight excluding hydrogens is 325 g/mol. The van der Waals surface area contributed by atoms with Crippen LogP contribution < -0.4 is 0 Å². The zero-order chi connectivity index (χ0) is 16.2. The first-order valence-electron chi connectivity index (χ1n) is 6.25. The molecule has 112 valence electrons. The van der Waals surface area contributed by atoms with Gasteiger partial charge in [-0.05, 0) is 41.5 Å². The van der Waals surface area contributed by atoms with Crippen molar-refractivity contribution in [3.05, 3.63) is 75.4 Å². The lowest BCUT2D eigenvalue weighted by Gasteiger charge is -2.04.